The van der Waals surface area contributed by atoms with Crippen LogP contribution in [0.4, 0.5) is 0 Å². The van der Waals surface area contributed by atoms with Crippen LogP contribution in [-0.4, -0.2) is 54.3 Å². The molecule has 3 heteroatoms. The highest BCUT2D eigenvalue weighted by Crippen LogP contribution is 2.30. The molecule has 2 heterocycles. The highest BCUT2D eigenvalue weighted by Gasteiger charge is 2.36. The molecule has 0 aromatic carbocycles. The van der Waals surface area contributed by atoms with Crippen LogP contribution in [0.5, 0.6) is 0 Å². The van der Waals surface area contributed by atoms with E-state index in [4.69, 9.17) is 0 Å². The summed E-state index contributed by atoms with van der Waals surface area (Å²) in [5.74, 6) is 0.879. The molecule has 3 aliphatic rings. The zero-order valence-corrected chi connectivity index (χ0v) is 10.9. The molecule has 96 valence electrons. The van der Waals surface area contributed by atoms with Crippen molar-refractivity contribution in [2.75, 3.05) is 26.7 Å². The van der Waals surface area contributed by atoms with Crippen LogP contribution in [0.3, 0.4) is 0 Å². The van der Waals surface area contributed by atoms with E-state index in [1.54, 1.807) is 0 Å². The van der Waals surface area contributed by atoms with Crippen molar-refractivity contribution in [2.24, 2.45) is 5.92 Å². The Labute approximate surface area is 104 Å². The average molecular weight is 236 g/mol. The summed E-state index contributed by atoms with van der Waals surface area (Å²) in [5.41, 5.74) is 0. The van der Waals surface area contributed by atoms with Crippen molar-refractivity contribution in [3.8, 4) is 0 Å². The fraction of sp³-hybridized carbons (Fsp3) is 0.929. The zero-order valence-electron chi connectivity index (χ0n) is 10.9. The minimum atomic E-state index is 0.358. The molecule has 2 saturated heterocycles. The van der Waals surface area contributed by atoms with E-state index in [1.165, 1.54) is 32.4 Å². The zero-order chi connectivity index (χ0) is 11.8. The third-order valence-corrected chi connectivity index (χ3v) is 5.14. The minimum Gasteiger partial charge on any atom is -0.301 e. The summed E-state index contributed by atoms with van der Waals surface area (Å²) < 4.78 is 0. The Bertz CT molecular complexity index is 305. The van der Waals surface area contributed by atoms with E-state index in [9.17, 15) is 4.79 Å². The summed E-state index contributed by atoms with van der Waals surface area (Å²) in [4.78, 5) is 16.9. The third kappa shape index (κ3) is 2.27. The molecule has 3 unspecified atom stereocenters. The van der Waals surface area contributed by atoms with Crippen molar-refractivity contribution in [3.63, 3.8) is 0 Å². The monoisotopic (exact) mass is 236 g/mol. The van der Waals surface area contributed by atoms with E-state index in [2.05, 4.69) is 16.8 Å². The standard InChI is InChI=1S/C14H24N2O/c1-15-12-5-6-13(15)10-16(8-7-12)9-11-3-2-4-14(11)17/h11-13H,2-10H2,1H3. The number of carbonyl (C=O) groups is 1. The number of carbonyl (C=O) groups excluding carboxylic acids is 1. The first-order valence-electron chi connectivity index (χ1n) is 7.21. The molecule has 0 aromatic rings. The van der Waals surface area contributed by atoms with E-state index < -0.39 is 0 Å². The predicted octanol–water partition coefficient (Wildman–Crippen LogP) is 1.52. The Morgan fingerprint density at radius 2 is 2.00 bits per heavy atom. The Hall–Kier alpha value is -0.410. The molecular formula is C14H24N2O. The molecule has 3 atom stereocenters. The van der Waals surface area contributed by atoms with E-state index in [-0.39, 0.29) is 0 Å². The van der Waals surface area contributed by atoms with Gasteiger partial charge in [-0.25, -0.2) is 0 Å². The summed E-state index contributed by atoms with van der Waals surface area (Å²) in [6, 6.07) is 1.56. The molecule has 0 spiro atoms. The largest absolute Gasteiger partial charge is 0.301 e. The number of rotatable bonds is 2. The molecule has 17 heavy (non-hydrogen) atoms. The van der Waals surface area contributed by atoms with Gasteiger partial charge in [-0.1, -0.05) is 0 Å². The van der Waals surface area contributed by atoms with Crippen molar-refractivity contribution in [3.05, 3.63) is 0 Å². The molecule has 0 radical (unpaired) electrons. The lowest BCUT2D eigenvalue weighted by Gasteiger charge is -2.27. The second kappa shape index (κ2) is 4.69. The number of likely N-dealkylation sites (N-methyl/N-ethyl adjacent to an activating group) is 1. The molecule has 3 rings (SSSR count). The second-order valence-electron chi connectivity index (χ2n) is 6.15. The number of Topliss-reactive ketones (excluding diaryl/α,β-unsaturated/α-hetero) is 1. The van der Waals surface area contributed by atoms with Crippen molar-refractivity contribution < 1.29 is 4.79 Å². The molecule has 2 aliphatic heterocycles. The Kier molecular flexibility index (Phi) is 3.22. The van der Waals surface area contributed by atoms with Crippen LogP contribution in [0.2, 0.25) is 0 Å². The van der Waals surface area contributed by atoms with Gasteiger partial charge in [-0.3, -0.25) is 9.69 Å². The van der Waals surface area contributed by atoms with Gasteiger partial charge in [0.05, 0.1) is 0 Å². The van der Waals surface area contributed by atoms with Crippen molar-refractivity contribution in [2.45, 2.75) is 50.6 Å². The van der Waals surface area contributed by atoms with E-state index >= 15 is 0 Å². The smallest absolute Gasteiger partial charge is 0.137 e. The summed E-state index contributed by atoms with van der Waals surface area (Å²) in [7, 11) is 2.28. The van der Waals surface area contributed by atoms with Gasteiger partial charge in [-0.15, -0.1) is 0 Å². The van der Waals surface area contributed by atoms with Gasteiger partial charge in [0.25, 0.3) is 0 Å². The van der Waals surface area contributed by atoms with E-state index in [0.717, 1.165) is 37.9 Å². The Morgan fingerprint density at radius 1 is 1.18 bits per heavy atom. The minimum absolute atomic E-state index is 0.358. The number of likely N-dealkylation sites (tertiary alicyclic amines) is 1. The van der Waals surface area contributed by atoms with Gasteiger partial charge in [0, 0.05) is 37.5 Å². The van der Waals surface area contributed by atoms with Gasteiger partial charge in [0.15, 0.2) is 0 Å². The number of ketones is 1. The summed E-state index contributed by atoms with van der Waals surface area (Å²) in [6.07, 6.45) is 7.15. The van der Waals surface area contributed by atoms with Gasteiger partial charge in [0.1, 0.15) is 5.78 Å². The normalized spacial score (nSPS) is 39.8. The first-order valence-corrected chi connectivity index (χ1v) is 7.21. The van der Waals surface area contributed by atoms with Crippen LogP contribution in [0.1, 0.15) is 38.5 Å². The quantitative estimate of drug-likeness (QED) is 0.726. The molecule has 3 fully saturated rings. The van der Waals surface area contributed by atoms with Gasteiger partial charge in [-0.2, -0.15) is 0 Å². The first kappa shape index (κ1) is 11.7. The molecule has 0 amide bonds. The van der Waals surface area contributed by atoms with Gasteiger partial charge < -0.3 is 4.90 Å². The topological polar surface area (TPSA) is 23.6 Å². The average Bonchev–Trinajstić information content (AvgIpc) is 2.78. The lowest BCUT2D eigenvalue weighted by Crippen LogP contribution is -2.39. The van der Waals surface area contributed by atoms with Crippen LogP contribution in [0.25, 0.3) is 0 Å². The maximum atomic E-state index is 11.7. The summed E-state index contributed by atoms with van der Waals surface area (Å²) >= 11 is 0. The molecule has 3 nitrogen and oxygen atoms in total. The molecule has 1 aliphatic carbocycles. The van der Waals surface area contributed by atoms with Crippen LogP contribution in [0, 0.1) is 5.92 Å². The number of fused-ring (bicyclic) bond motifs is 2. The highest BCUT2D eigenvalue weighted by atomic mass is 16.1. The number of hydrogen-bond acceptors (Lipinski definition) is 3. The highest BCUT2D eigenvalue weighted by molar-refractivity contribution is 5.83. The second-order valence-corrected chi connectivity index (χ2v) is 6.15. The summed E-state index contributed by atoms with van der Waals surface area (Å²) in [6.45, 7) is 3.43. The Balaban J connectivity index is 1.59. The third-order valence-electron chi connectivity index (χ3n) is 5.14. The van der Waals surface area contributed by atoms with E-state index in [1.807, 2.05) is 0 Å². The van der Waals surface area contributed by atoms with Crippen LogP contribution in [-0.2, 0) is 4.79 Å². The fourth-order valence-corrected chi connectivity index (χ4v) is 3.94. The van der Waals surface area contributed by atoms with Crippen molar-refractivity contribution in [1.29, 1.82) is 0 Å². The van der Waals surface area contributed by atoms with E-state index in [0.29, 0.717) is 11.7 Å². The summed E-state index contributed by atoms with van der Waals surface area (Å²) in [5, 5.41) is 0. The number of nitrogens with zero attached hydrogens (tertiary/aromatic N) is 2. The first-order chi connectivity index (χ1) is 8.24. The van der Waals surface area contributed by atoms with Crippen LogP contribution in [0.15, 0.2) is 0 Å². The van der Waals surface area contributed by atoms with Crippen LogP contribution >= 0.6 is 0 Å². The maximum Gasteiger partial charge on any atom is 0.137 e. The maximum absolute atomic E-state index is 11.7. The fourth-order valence-electron chi connectivity index (χ4n) is 3.94. The number of hydrogen-bond donors (Lipinski definition) is 0. The lowest BCUT2D eigenvalue weighted by molar-refractivity contribution is -0.121. The van der Waals surface area contributed by atoms with Gasteiger partial charge >= 0.3 is 0 Å². The van der Waals surface area contributed by atoms with Crippen LogP contribution < -0.4 is 0 Å². The van der Waals surface area contributed by atoms with Crippen molar-refractivity contribution in [1.82, 2.24) is 9.80 Å². The molecule has 0 aromatic heterocycles. The molecular weight excluding hydrogens is 212 g/mol. The van der Waals surface area contributed by atoms with Gasteiger partial charge in [0.2, 0.25) is 0 Å². The molecule has 0 N–H and O–H groups in total. The Morgan fingerprint density at radius 3 is 2.76 bits per heavy atom. The molecule has 1 saturated carbocycles. The van der Waals surface area contributed by atoms with Crippen molar-refractivity contribution >= 4 is 5.78 Å². The molecule has 2 bridgehead atoms. The predicted molar refractivity (Wildman–Crippen MR) is 68.0 cm³/mol. The lowest BCUT2D eigenvalue weighted by atomic mass is 10.0. The van der Waals surface area contributed by atoms with Gasteiger partial charge in [-0.05, 0) is 45.7 Å². The SMILES string of the molecule is CN1C2CCC1CN(CC1CCCC1=O)CC2.